The minimum absolute atomic E-state index is 0.170. The van der Waals surface area contributed by atoms with Crippen LogP contribution in [0.3, 0.4) is 0 Å². The topological polar surface area (TPSA) is 68.0 Å². The number of benzene rings is 1. The van der Waals surface area contributed by atoms with E-state index in [9.17, 15) is 4.79 Å². The molecule has 1 amide bonds. The second-order valence-electron chi connectivity index (χ2n) is 6.20. The van der Waals surface area contributed by atoms with E-state index in [1.165, 1.54) is 11.8 Å². The zero-order chi connectivity index (χ0) is 19.4. The summed E-state index contributed by atoms with van der Waals surface area (Å²) in [6.45, 7) is 5.72. The first-order chi connectivity index (χ1) is 13.0. The van der Waals surface area contributed by atoms with E-state index in [0.717, 1.165) is 22.6 Å². The number of hydrogen-bond donors (Lipinski definition) is 1. The van der Waals surface area contributed by atoms with Gasteiger partial charge >= 0.3 is 0 Å². The molecule has 2 aromatic heterocycles. The lowest BCUT2D eigenvalue weighted by Gasteiger charge is -2.16. The van der Waals surface area contributed by atoms with Gasteiger partial charge in [-0.3, -0.25) is 4.79 Å². The van der Waals surface area contributed by atoms with E-state index < -0.39 is 0 Å². The molecule has 27 heavy (non-hydrogen) atoms. The summed E-state index contributed by atoms with van der Waals surface area (Å²) in [7, 11) is 0. The molecule has 1 unspecified atom stereocenters. The molecule has 1 atom stereocenters. The number of nitrogens with zero attached hydrogens (tertiary/aromatic N) is 2. The van der Waals surface area contributed by atoms with Gasteiger partial charge in [0, 0.05) is 22.5 Å². The van der Waals surface area contributed by atoms with Gasteiger partial charge < -0.3 is 9.84 Å². The van der Waals surface area contributed by atoms with Crippen LogP contribution in [0.4, 0.5) is 0 Å². The summed E-state index contributed by atoms with van der Waals surface area (Å²) in [5.74, 6) is 1.26. The van der Waals surface area contributed by atoms with Gasteiger partial charge in [0.25, 0.3) is 5.91 Å². The largest absolute Gasteiger partial charge is 0.361 e. The average molecular weight is 402 g/mol. The van der Waals surface area contributed by atoms with Crippen LogP contribution in [0.2, 0.25) is 5.02 Å². The van der Waals surface area contributed by atoms with E-state index in [1.54, 1.807) is 18.3 Å². The molecule has 140 valence electrons. The Morgan fingerprint density at radius 3 is 2.81 bits per heavy atom. The quantitative estimate of drug-likeness (QED) is 0.580. The van der Waals surface area contributed by atoms with Gasteiger partial charge in [0.1, 0.15) is 10.8 Å². The van der Waals surface area contributed by atoms with Gasteiger partial charge in [-0.05, 0) is 50.6 Å². The minimum Gasteiger partial charge on any atom is -0.361 e. The van der Waals surface area contributed by atoms with Gasteiger partial charge in [0.05, 0.1) is 17.3 Å². The van der Waals surface area contributed by atoms with Crippen LogP contribution >= 0.6 is 23.4 Å². The number of pyridine rings is 1. The highest BCUT2D eigenvalue weighted by Crippen LogP contribution is 2.27. The van der Waals surface area contributed by atoms with Gasteiger partial charge in [-0.25, -0.2) is 4.98 Å². The summed E-state index contributed by atoms with van der Waals surface area (Å²) in [5.41, 5.74) is 3.38. The van der Waals surface area contributed by atoms with Crippen molar-refractivity contribution in [2.45, 2.75) is 37.6 Å². The Balaban J connectivity index is 1.73. The van der Waals surface area contributed by atoms with Gasteiger partial charge in [-0.2, -0.15) is 0 Å². The molecule has 0 spiro atoms. The lowest BCUT2D eigenvalue weighted by Crippen LogP contribution is -2.27. The van der Waals surface area contributed by atoms with Gasteiger partial charge in [0.2, 0.25) is 0 Å². The summed E-state index contributed by atoms with van der Waals surface area (Å²) in [6.07, 6.45) is 1.69. The molecule has 2 heterocycles. The van der Waals surface area contributed by atoms with E-state index >= 15 is 0 Å². The maximum Gasteiger partial charge on any atom is 0.254 e. The van der Waals surface area contributed by atoms with E-state index in [0.29, 0.717) is 21.4 Å². The highest BCUT2D eigenvalue weighted by molar-refractivity contribution is 7.98. The van der Waals surface area contributed by atoms with E-state index in [2.05, 4.69) is 15.5 Å². The molecular formula is C20H20ClN3O2S. The zero-order valence-corrected chi connectivity index (χ0v) is 16.9. The normalized spacial score (nSPS) is 12.0. The maximum atomic E-state index is 12.8. The first-order valence-electron chi connectivity index (χ1n) is 8.51. The number of nitrogens with one attached hydrogen (secondary N) is 1. The summed E-state index contributed by atoms with van der Waals surface area (Å²) >= 11 is 7.54. The third-order valence-electron chi connectivity index (χ3n) is 4.25. The minimum atomic E-state index is -0.170. The van der Waals surface area contributed by atoms with Crippen molar-refractivity contribution >= 4 is 29.3 Å². The van der Waals surface area contributed by atoms with Crippen molar-refractivity contribution in [1.29, 1.82) is 0 Å². The van der Waals surface area contributed by atoms with Crippen LogP contribution in [0.25, 0.3) is 0 Å². The predicted octanol–water partition coefficient (Wildman–Crippen LogP) is 5.12. The molecule has 7 heteroatoms. The van der Waals surface area contributed by atoms with Crippen molar-refractivity contribution in [1.82, 2.24) is 15.5 Å². The fourth-order valence-electron chi connectivity index (χ4n) is 2.66. The molecule has 3 aromatic rings. The first kappa shape index (κ1) is 19.5. The molecular weight excluding hydrogens is 382 g/mol. The Morgan fingerprint density at radius 1 is 1.30 bits per heavy atom. The van der Waals surface area contributed by atoms with Crippen molar-refractivity contribution < 1.29 is 9.32 Å². The number of rotatable bonds is 6. The van der Waals surface area contributed by atoms with Crippen LogP contribution in [0.15, 0.2) is 52.1 Å². The van der Waals surface area contributed by atoms with Crippen molar-refractivity contribution in [3.63, 3.8) is 0 Å². The standard InChI is InChI=1S/C20H20ClN3O2S/c1-12(15-6-4-7-16(21)10-15)23-19(25)17-8-5-9-22-20(17)27-11-18-13(2)24-26-14(18)3/h4-10,12H,11H2,1-3H3,(H,23,25). The molecule has 1 N–H and O–H groups in total. The fraction of sp³-hybridized carbons (Fsp3) is 0.250. The van der Waals surface area contributed by atoms with Crippen LogP contribution in [-0.2, 0) is 5.75 Å². The SMILES string of the molecule is Cc1noc(C)c1CSc1ncccc1C(=O)NC(C)c1cccc(Cl)c1. The van der Waals surface area contributed by atoms with E-state index in [-0.39, 0.29) is 11.9 Å². The number of carbonyl (C=O) groups excluding carboxylic acids is 1. The molecule has 0 aliphatic rings. The molecule has 5 nitrogen and oxygen atoms in total. The first-order valence-corrected chi connectivity index (χ1v) is 9.88. The summed E-state index contributed by atoms with van der Waals surface area (Å²) < 4.78 is 5.20. The Labute approximate surface area is 167 Å². The van der Waals surface area contributed by atoms with Crippen LogP contribution < -0.4 is 5.32 Å². The molecule has 0 saturated heterocycles. The molecule has 0 radical (unpaired) electrons. The number of carbonyl (C=O) groups is 1. The molecule has 1 aromatic carbocycles. The Kier molecular flexibility index (Phi) is 6.19. The number of amides is 1. The highest BCUT2D eigenvalue weighted by atomic mass is 35.5. The number of halogens is 1. The molecule has 0 aliphatic carbocycles. The lowest BCUT2D eigenvalue weighted by atomic mass is 10.1. The van der Waals surface area contributed by atoms with Crippen LogP contribution in [0.5, 0.6) is 0 Å². The van der Waals surface area contributed by atoms with Crippen molar-refractivity contribution in [3.05, 3.63) is 75.8 Å². The molecule has 0 bridgehead atoms. The molecule has 0 fully saturated rings. The maximum absolute atomic E-state index is 12.8. The Morgan fingerprint density at radius 2 is 2.11 bits per heavy atom. The predicted molar refractivity (Wildman–Crippen MR) is 107 cm³/mol. The van der Waals surface area contributed by atoms with E-state index in [4.69, 9.17) is 16.1 Å². The number of hydrogen-bond acceptors (Lipinski definition) is 5. The second-order valence-corrected chi connectivity index (χ2v) is 7.60. The number of thioether (sulfide) groups is 1. The lowest BCUT2D eigenvalue weighted by molar-refractivity contribution is 0.0936. The number of aromatic nitrogens is 2. The van der Waals surface area contributed by atoms with Crippen LogP contribution in [0, 0.1) is 13.8 Å². The van der Waals surface area contributed by atoms with E-state index in [1.807, 2.05) is 45.0 Å². The highest BCUT2D eigenvalue weighted by Gasteiger charge is 2.17. The van der Waals surface area contributed by atoms with Crippen LogP contribution in [0.1, 0.15) is 45.9 Å². The summed E-state index contributed by atoms with van der Waals surface area (Å²) in [6, 6.07) is 10.8. The second kappa shape index (κ2) is 8.59. The van der Waals surface area contributed by atoms with Gasteiger partial charge in [-0.15, -0.1) is 11.8 Å². The monoisotopic (exact) mass is 401 g/mol. The van der Waals surface area contributed by atoms with Crippen LogP contribution in [-0.4, -0.2) is 16.0 Å². The summed E-state index contributed by atoms with van der Waals surface area (Å²) in [5, 5.41) is 8.30. The zero-order valence-electron chi connectivity index (χ0n) is 15.3. The van der Waals surface area contributed by atoms with Crippen molar-refractivity contribution in [2.75, 3.05) is 0 Å². The molecule has 0 aliphatic heterocycles. The summed E-state index contributed by atoms with van der Waals surface area (Å²) in [4.78, 5) is 17.2. The van der Waals surface area contributed by atoms with Crippen molar-refractivity contribution in [3.8, 4) is 0 Å². The Hall–Kier alpha value is -2.31. The van der Waals surface area contributed by atoms with Gasteiger partial charge in [-0.1, -0.05) is 28.9 Å². The third kappa shape index (κ3) is 4.70. The Bertz CT molecular complexity index is 938. The molecule has 0 saturated carbocycles. The van der Waals surface area contributed by atoms with Crippen molar-refractivity contribution in [2.24, 2.45) is 0 Å². The molecule has 3 rings (SSSR count). The average Bonchev–Trinajstić information content (AvgIpc) is 2.98. The number of aryl methyl sites for hydroxylation is 2. The fourth-order valence-corrected chi connectivity index (χ4v) is 4.00. The third-order valence-corrected chi connectivity index (χ3v) is 5.51. The smallest absolute Gasteiger partial charge is 0.254 e. The van der Waals surface area contributed by atoms with Gasteiger partial charge in [0.15, 0.2) is 0 Å².